The number of H-pyrrole nitrogens is 1. The highest BCUT2D eigenvalue weighted by Gasteiger charge is 2.20. The molecule has 78 valence electrons. The number of imidazole rings is 1. The summed E-state index contributed by atoms with van der Waals surface area (Å²) in [6, 6.07) is 6.36. The first-order valence-electron chi connectivity index (χ1n) is 5.20. The molecule has 2 heterocycles. The molecule has 0 spiro atoms. The van der Waals surface area contributed by atoms with Gasteiger partial charge in [-0.3, -0.25) is 5.32 Å². The molecule has 3 nitrogen and oxygen atoms in total. The molecule has 0 bridgehead atoms. The smallest absolute Gasteiger partial charge is 0.179 e. The summed E-state index contributed by atoms with van der Waals surface area (Å²) in [5.74, 6) is 0. The van der Waals surface area contributed by atoms with E-state index in [1.165, 1.54) is 11.1 Å². The van der Waals surface area contributed by atoms with Gasteiger partial charge in [0.15, 0.2) is 4.77 Å². The van der Waals surface area contributed by atoms with Gasteiger partial charge in [-0.25, -0.2) is 0 Å². The maximum absolute atomic E-state index is 5.36. The van der Waals surface area contributed by atoms with Crippen molar-refractivity contribution in [1.82, 2.24) is 14.9 Å². The van der Waals surface area contributed by atoms with E-state index in [1.807, 2.05) is 7.05 Å². The largest absolute Gasteiger partial charge is 0.331 e. The third kappa shape index (κ3) is 1.18. The van der Waals surface area contributed by atoms with Crippen LogP contribution in [0.2, 0.25) is 0 Å². The van der Waals surface area contributed by atoms with Crippen LogP contribution in [0.4, 0.5) is 0 Å². The van der Waals surface area contributed by atoms with E-state index >= 15 is 0 Å². The summed E-state index contributed by atoms with van der Waals surface area (Å²) in [4.78, 5) is 3.26. The Kier molecular flexibility index (Phi) is 1.94. The van der Waals surface area contributed by atoms with Crippen molar-refractivity contribution in [2.45, 2.75) is 19.0 Å². The summed E-state index contributed by atoms with van der Waals surface area (Å²) in [6.07, 6.45) is 2.56. The fourth-order valence-electron chi connectivity index (χ4n) is 2.45. The Morgan fingerprint density at radius 3 is 3.20 bits per heavy atom. The zero-order chi connectivity index (χ0) is 10.4. The molecule has 0 amide bonds. The predicted octanol–water partition coefficient (Wildman–Crippen LogP) is 2.36. The number of aromatic nitrogens is 2. The highest BCUT2D eigenvalue weighted by atomic mass is 32.1. The fourth-order valence-corrected chi connectivity index (χ4v) is 2.78. The standard InChI is InChI=1S/C11H13N3S/c1-12-9-6-5-7-3-2-4-8-10(7)14(9)11(15)13-8/h2-4,9,12H,5-6H2,1H3,(H,13,15). The fraction of sp³-hybridized carbons (Fsp3) is 0.364. The lowest BCUT2D eigenvalue weighted by molar-refractivity contribution is 0.401. The molecule has 3 rings (SSSR count). The number of hydrogen-bond acceptors (Lipinski definition) is 2. The molecule has 15 heavy (non-hydrogen) atoms. The van der Waals surface area contributed by atoms with Crippen LogP contribution in [0.25, 0.3) is 11.0 Å². The summed E-state index contributed by atoms with van der Waals surface area (Å²) >= 11 is 5.36. The number of aryl methyl sites for hydroxylation is 1. The summed E-state index contributed by atoms with van der Waals surface area (Å²) in [7, 11) is 1.99. The van der Waals surface area contributed by atoms with Gasteiger partial charge >= 0.3 is 0 Å². The predicted molar refractivity (Wildman–Crippen MR) is 63.5 cm³/mol. The van der Waals surface area contributed by atoms with Crippen LogP contribution in [0.15, 0.2) is 18.2 Å². The summed E-state index contributed by atoms with van der Waals surface area (Å²) in [5, 5.41) is 3.31. The van der Waals surface area contributed by atoms with E-state index in [-0.39, 0.29) is 0 Å². The molecule has 1 aliphatic heterocycles. The van der Waals surface area contributed by atoms with Gasteiger partial charge in [0.05, 0.1) is 17.2 Å². The Bertz CT molecular complexity index is 567. The number of nitrogens with one attached hydrogen (secondary N) is 2. The number of aromatic amines is 1. The van der Waals surface area contributed by atoms with E-state index in [4.69, 9.17) is 12.2 Å². The molecule has 0 aliphatic carbocycles. The minimum atomic E-state index is 0.334. The topological polar surface area (TPSA) is 32.8 Å². The highest BCUT2D eigenvalue weighted by molar-refractivity contribution is 7.71. The molecule has 1 aliphatic rings. The van der Waals surface area contributed by atoms with Crippen LogP contribution in [0.3, 0.4) is 0 Å². The van der Waals surface area contributed by atoms with Gasteiger partial charge in [0, 0.05) is 0 Å². The monoisotopic (exact) mass is 219 g/mol. The first-order chi connectivity index (χ1) is 7.31. The third-order valence-corrected chi connectivity index (χ3v) is 3.45. The van der Waals surface area contributed by atoms with Crippen molar-refractivity contribution in [1.29, 1.82) is 0 Å². The van der Waals surface area contributed by atoms with E-state index < -0.39 is 0 Å². The second kappa shape index (κ2) is 3.18. The van der Waals surface area contributed by atoms with Crippen molar-refractivity contribution in [2.24, 2.45) is 0 Å². The van der Waals surface area contributed by atoms with Gasteiger partial charge in [-0.1, -0.05) is 12.1 Å². The molecular weight excluding hydrogens is 206 g/mol. The number of benzene rings is 1. The van der Waals surface area contributed by atoms with Crippen LogP contribution < -0.4 is 5.32 Å². The Hall–Kier alpha value is -1.13. The van der Waals surface area contributed by atoms with Crippen molar-refractivity contribution >= 4 is 23.3 Å². The van der Waals surface area contributed by atoms with Crippen LogP contribution in [0, 0.1) is 4.77 Å². The average Bonchev–Trinajstić information content (AvgIpc) is 2.59. The summed E-state index contributed by atoms with van der Waals surface area (Å²) in [6.45, 7) is 0. The quantitative estimate of drug-likeness (QED) is 0.722. The van der Waals surface area contributed by atoms with Gasteiger partial charge in [0.1, 0.15) is 0 Å². The molecule has 2 N–H and O–H groups in total. The van der Waals surface area contributed by atoms with E-state index in [2.05, 4.69) is 33.1 Å². The molecular formula is C11H13N3S. The van der Waals surface area contributed by atoms with Gasteiger partial charge in [-0.15, -0.1) is 0 Å². The van der Waals surface area contributed by atoms with Crippen LogP contribution in [-0.4, -0.2) is 16.6 Å². The van der Waals surface area contributed by atoms with Crippen molar-refractivity contribution in [2.75, 3.05) is 7.05 Å². The number of para-hydroxylation sites is 1. The molecule has 0 fully saturated rings. The minimum absolute atomic E-state index is 0.334. The van der Waals surface area contributed by atoms with E-state index in [9.17, 15) is 0 Å². The van der Waals surface area contributed by atoms with Crippen LogP contribution >= 0.6 is 12.2 Å². The van der Waals surface area contributed by atoms with Crippen LogP contribution in [0.5, 0.6) is 0 Å². The molecule has 4 heteroatoms. The number of nitrogens with zero attached hydrogens (tertiary/aromatic N) is 1. The summed E-state index contributed by atoms with van der Waals surface area (Å²) < 4.78 is 3.01. The molecule has 1 aromatic heterocycles. The number of hydrogen-bond donors (Lipinski definition) is 2. The third-order valence-electron chi connectivity index (χ3n) is 3.15. The molecule has 0 radical (unpaired) electrons. The second-order valence-corrected chi connectivity index (χ2v) is 4.34. The van der Waals surface area contributed by atoms with Crippen molar-refractivity contribution in [3.05, 3.63) is 28.5 Å². The molecule has 1 aromatic carbocycles. The van der Waals surface area contributed by atoms with Gasteiger partial charge in [-0.2, -0.15) is 0 Å². The molecule has 1 atom stereocenters. The second-order valence-electron chi connectivity index (χ2n) is 3.96. The minimum Gasteiger partial charge on any atom is -0.331 e. The SMILES string of the molecule is CNC1CCc2cccc3[nH]c(=S)n1c23. The molecule has 1 unspecified atom stereocenters. The maximum atomic E-state index is 5.36. The Morgan fingerprint density at radius 1 is 1.53 bits per heavy atom. The molecule has 2 aromatic rings. The lowest BCUT2D eigenvalue weighted by Gasteiger charge is -2.24. The first kappa shape index (κ1) is 9.12. The summed E-state index contributed by atoms with van der Waals surface area (Å²) in [5.41, 5.74) is 3.82. The average molecular weight is 219 g/mol. The van der Waals surface area contributed by atoms with E-state index in [0.717, 1.165) is 23.1 Å². The van der Waals surface area contributed by atoms with Gasteiger partial charge in [-0.05, 0) is 43.7 Å². The molecule has 0 saturated carbocycles. The maximum Gasteiger partial charge on any atom is 0.179 e. The lowest BCUT2D eigenvalue weighted by atomic mass is 10.0. The highest BCUT2D eigenvalue weighted by Crippen LogP contribution is 2.29. The van der Waals surface area contributed by atoms with Crippen LogP contribution in [0.1, 0.15) is 18.2 Å². The lowest BCUT2D eigenvalue weighted by Crippen LogP contribution is -2.26. The van der Waals surface area contributed by atoms with Crippen LogP contribution in [-0.2, 0) is 6.42 Å². The van der Waals surface area contributed by atoms with Crippen molar-refractivity contribution in [3.8, 4) is 0 Å². The Labute approximate surface area is 93.1 Å². The van der Waals surface area contributed by atoms with E-state index in [0.29, 0.717) is 6.17 Å². The Morgan fingerprint density at radius 2 is 2.40 bits per heavy atom. The zero-order valence-corrected chi connectivity index (χ0v) is 9.40. The van der Waals surface area contributed by atoms with Crippen molar-refractivity contribution in [3.63, 3.8) is 0 Å². The zero-order valence-electron chi connectivity index (χ0n) is 8.58. The Balaban J connectivity index is 2.43. The van der Waals surface area contributed by atoms with Gasteiger partial charge in [0.25, 0.3) is 0 Å². The van der Waals surface area contributed by atoms with Gasteiger partial charge < -0.3 is 9.55 Å². The molecule has 0 saturated heterocycles. The van der Waals surface area contributed by atoms with Gasteiger partial charge in [0.2, 0.25) is 0 Å². The van der Waals surface area contributed by atoms with E-state index in [1.54, 1.807) is 0 Å². The first-order valence-corrected chi connectivity index (χ1v) is 5.61. The van der Waals surface area contributed by atoms with Crippen molar-refractivity contribution < 1.29 is 0 Å². The number of rotatable bonds is 1. The normalized spacial score (nSPS) is 19.7.